The van der Waals surface area contributed by atoms with E-state index in [-0.39, 0.29) is 5.41 Å². The Morgan fingerprint density at radius 2 is 1.86 bits per heavy atom. The predicted octanol–water partition coefficient (Wildman–Crippen LogP) is 0.643. The van der Waals surface area contributed by atoms with Crippen molar-refractivity contribution >= 4 is 11.8 Å². The zero-order valence-corrected chi connectivity index (χ0v) is 13.5. The maximum Gasteiger partial charge on any atom is 0.132 e. The Morgan fingerprint density at radius 3 is 2.38 bits per heavy atom. The lowest BCUT2D eigenvalue weighted by molar-refractivity contribution is -0.204. The summed E-state index contributed by atoms with van der Waals surface area (Å²) in [4.78, 5) is 0. The molecule has 1 aliphatic heterocycles. The Morgan fingerprint density at radius 1 is 1.24 bits per heavy atom. The molecule has 0 bridgehead atoms. The number of ether oxygens (including phenoxy) is 1. The van der Waals surface area contributed by atoms with Gasteiger partial charge in [-0.1, -0.05) is 26.0 Å². The van der Waals surface area contributed by atoms with Crippen molar-refractivity contribution in [1.29, 1.82) is 0 Å². The first-order valence-corrected chi connectivity index (χ1v) is 8.09. The minimum absolute atomic E-state index is 0.201. The molecule has 0 aromatic carbocycles. The zero-order chi connectivity index (χ0) is 16.2. The summed E-state index contributed by atoms with van der Waals surface area (Å²) in [5, 5.41) is 30.1. The van der Waals surface area contributed by atoms with Gasteiger partial charge in [-0.05, 0) is 11.8 Å². The SMILES string of the molecule is C=CCSC1OC([C@H](N)CC(C)(C)C=C)C(O)C(O)C1O. The number of nitrogens with two attached hydrogens (primary N) is 1. The molecule has 0 radical (unpaired) electrons. The van der Waals surface area contributed by atoms with Crippen molar-refractivity contribution in [3.8, 4) is 0 Å². The van der Waals surface area contributed by atoms with E-state index in [1.807, 2.05) is 13.8 Å². The fourth-order valence-corrected chi connectivity index (χ4v) is 3.23. The van der Waals surface area contributed by atoms with Crippen molar-refractivity contribution in [3.63, 3.8) is 0 Å². The molecule has 6 atom stereocenters. The average molecular weight is 317 g/mol. The van der Waals surface area contributed by atoms with E-state index >= 15 is 0 Å². The highest BCUT2D eigenvalue weighted by atomic mass is 32.2. The van der Waals surface area contributed by atoms with E-state index in [9.17, 15) is 15.3 Å². The smallest absolute Gasteiger partial charge is 0.132 e. The van der Waals surface area contributed by atoms with E-state index in [1.165, 1.54) is 11.8 Å². The van der Waals surface area contributed by atoms with Crippen LogP contribution in [-0.2, 0) is 4.74 Å². The minimum atomic E-state index is -1.27. The molecule has 5 nitrogen and oxygen atoms in total. The highest BCUT2D eigenvalue weighted by Gasteiger charge is 2.46. The summed E-state index contributed by atoms with van der Waals surface area (Å²) in [7, 11) is 0. The molecule has 0 aromatic heterocycles. The summed E-state index contributed by atoms with van der Waals surface area (Å²) in [6.45, 7) is 11.4. The fraction of sp³-hybridized carbons (Fsp3) is 0.733. The third-order valence-corrected chi connectivity index (χ3v) is 4.87. The normalized spacial score (nSPS) is 35.2. The minimum Gasteiger partial charge on any atom is -0.388 e. The topological polar surface area (TPSA) is 95.9 Å². The largest absolute Gasteiger partial charge is 0.388 e. The van der Waals surface area contributed by atoms with Crippen molar-refractivity contribution in [3.05, 3.63) is 25.3 Å². The Hall–Kier alpha value is -0.370. The number of rotatable bonds is 7. The van der Waals surface area contributed by atoms with E-state index < -0.39 is 35.9 Å². The molecule has 1 heterocycles. The van der Waals surface area contributed by atoms with Crippen LogP contribution in [0.3, 0.4) is 0 Å². The van der Waals surface area contributed by atoms with Crippen LogP contribution < -0.4 is 5.73 Å². The van der Waals surface area contributed by atoms with Crippen molar-refractivity contribution < 1.29 is 20.1 Å². The summed E-state index contributed by atoms with van der Waals surface area (Å²) in [6.07, 6.45) is -0.323. The first-order chi connectivity index (χ1) is 9.73. The lowest BCUT2D eigenvalue weighted by Gasteiger charge is -2.43. The molecule has 1 rings (SSSR count). The second kappa shape index (κ2) is 7.76. The van der Waals surface area contributed by atoms with Gasteiger partial charge in [0.15, 0.2) is 0 Å². The third kappa shape index (κ3) is 4.81. The molecule has 0 spiro atoms. The number of aliphatic hydroxyl groups is 3. The summed E-state index contributed by atoms with van der Waals surface area (Å²) in [6, 6.07) is -0.470. The molecule has 6 heteroatoms. The zero-order valence-electron chi connectivity index (χ0n) is 12.7. The number of allylic oxidation sites excluding steroid dienone is 1. The maximum absolute atomic E-state index is 10.1. The summed E-state index contributed by atoms with van der Waals surface area (Å²) in [5.41, 5.74) is 5.31. The molecule has 0 saturated carbocycles. The van der Waals surface area contributed by atoms with Gasteiger partial charge in [0.05, 0.1) is 0 Å². The second-order valence-corrected chi connectivity index (χ2v) is 7.25. The quantitative estimate of drug-likeness (QED) is 0.515. The van der Waals surface area contributed by atoms with Crippen LogP contribution in [0.25, 0.3) is 0 Å². The van der Waals surface area contributed by atoms with E-state index in [1.54, 1.807) is 12.2 Å². The molecule has 0 aliphatic carbocycles. The Balaban J connectivity index is 2.79. The number of hydrogen-bond donors (Lipinski definition) is 4. The van der Waals surface area contributed by atoms with Crippen molar-refractivity contribution in [2.45, 2.75) is 56.2 Å². The highest BCUT2D eigenvalue weighted by molar-refractivity contribution is 7.99. The molecule has 0 amide bonds. The van der Waals surface area contributed by atoms with E-state index in [0.717, 1.165) is 0 Å². The van der Waals surface area contributed by atoms with Crippen molar-refractivity contribution in [2.75, 3.05) is 5.75 Å². The van der Waals surface area contributed by atoms with Crippen LogP contribution in [-0.4, -0.2) is 57.0 Å². The Labute approximate surface area is 130 Å². The van der Waals surface area contributed by atoms with Crippen LogP contribution in [0.2, 0.25) is 0 Å². The number of thioether (sulfide) groups is 1. The molecule has 5 N–H and O–H groups in total. The predicted molar refractivity (Wildman–Crippen MR) is 85.9 cm³/mol. The monoisotopic (exact) mass is 317 g/mol. The van der Waals surface area contributed by atoms with Crippen LogP contribution in [0, 0.1) is 5.41 Å². The van der Waals surface area contributed by atoms with Gasteiger partial charge in [0.25, 0.3) is 0 Å². The summed E-state index contributed by atoms with van der Waals surface area (Å²) < 4.78 is 5.73. The summed E-state index contributed by atoms with van der Waals surface area (Å²) >= 11 is 1.32. The lowest BCUT2D eigenvalue weighted by atomic mass is 9.82. The highest BCUT2D eigenvalue weighted by Crippen LogP contribution is 2.32. The van der Waals surface area contributed by atoms with Gasteiger partial charge in [0.2, 0.25) is 0 Å². The Bertz CT molecular complexity index is 364. The van der Waals surface area contributed by atoms with Gasteiger partial charge in [-0.15, -0.1) is 24.9 Å². The fourth-order valence-electron chi connectivity index (χ4n) is 2.34. The van der Waals surface area contributed by atoms with Gasteiger partial charge in [0.1, 0.15) is 29.9 Å². The number of aliphatic hydroxyl groups excluding tert-OH is 3. The molecule has 21 heavy (non-hydrogen) atoms. The van der Waals surface area contributed by atoms with Gasteiger partial charge in [-0.2, -0.15) is 0 Å². The molecule has 5 unspecified atom stereocenters. The molecule has 122 valence electrons. The van der Waals surface area contributed by atoms with Gasteiger partial charge in [-0.25, -0.2) is 0 Å². The van der Waals surface area contributed by atoms with Gasteiger partial charge >= 0.3 is 0 Å². The van der Waals surface area contributed by atoms with Crippen molar-refractivity contribution in [2.24, 2.45) is 11.1 Å². The van der Waals surface area contributed by atoms with E-state index in [4.69, 9.17) is 10.5 Å². The van der Waals surface area contributed by atoms with Crippen molar-refractivity contribution in [1.82, 2.24) is 0 Å². The van der Waals surface area contributed by atoms with Gasteiger partial charge in [0, 0.05) is 11.8 Å². The van der Waals surface area contributed by atoms with Crippen LogP contribution >= 0.6 is 11.8 Å². The standard InChI is InChI=1S/C15H27NO4S/c1-5-7-21-14-12(19)10(17)11(18)13(20-14)9(16)8-15(3,4)6-2/h5-6,9-14,17-19H,1-2,7-8,16H2,3-4H3/t9-,10?,11?,12?,13?,14?/m1/s1. The first kappa shape index (κ1) is 18.7. The molecule has 0 aromatic rings. The molecule has 1 fully saturated rings. The maximum atomic E-state index is 10.1. The third-order valence-electron chi connectivity index (χ3n) is 3.72. The van der Waals surface area contributed by atoms with Gasteiger partial charge < -0.3 is 25.8 Å². The van der Waals surface area contributed by atoms with Crippen LogP contribution in [0.1, 0.15) is 20.3 Å². The van der Waals surface area contributed by atoms with Gasteiger partial charge in [-0.3, -0.25) is 0 Å². The molecule has 1 saturated heterocycles. The lowest BCUT2D eigenvalue weighted by Crippen LogP contribution is -2.61. The number of hydrogen-bond acceptors (Lipinski definition) is 6. The second-order valence-electron chi connectivity index (χ2n) is 6.12. The molecular formula is C15H27NO4S. The Kier molecular flexibility index (Phi) is 6.90. The van der Waals surface area contributed by atoms with Crippen LogP contribution in [0.4, 0.5) is 0 Å². The van der Waals surface area contributed by atoms with E-state index in [0.29, 0.717) is 12.2 Å². The summed E-state index contributed by atoms with van der Waals surface area (Å²) in [5.74, 6) is 0.574. The molecular weight excluding hydrogens is 290 g/mol. The average Bonchev–Trinajstić information content (AvgIpc) is 2.43. The van der Waals surface area contributed by atoms with E-state index in [2.05, 4.69) is 13.2 Å². The first-order valence-electron chi connectivity index (χ1n) is 7.05. The molecule has 1 aliphatic rings. The van der Waals surface area contributed by atoms with Crippen LogP contribution in [0.5, 0.6) is 0 Å². The van der Waals surface area contributed by atoms with Crippen LogP contribution in [0.15, 0.2) is 25.3 Å².